The monoisotopic (exact) mass is 239 g/mol. The molecule has 0 heterocycles. The van der Waals surface area contributed by atoms with E-state index in [1.807, 2.05) is 7.05 Å². The lowest BCUT2D eigenvalue weighted by Crippen LogP contribution is -2.24. The van der Waals surface area contributed by atoms with E-state index in [-0.39, 0.29) is 6.04 Å². The van der Waals surface area contributed by atoms with E-state index in [4.69, 9.17) is 0 Å². The maximum absolute atomic E-state index is 11.3. The summed E-state index contributed by atoms with van der Waals surface area (Å²) < 4.78 is 11.3. The molecule has 0 saturated carbocycles. The van der Waals surface area contributed by atoms with Crippen molar-refractivity contribution in [1.82, 2.24) is 5.32 Å². The summed E-state index contributed by atoms with van der Waals surface area (Å²) in [4.78, 5) is 0. The number of rotatable bonds is 4. The lowest BCUT2D eigenvalue weighted by atomic mass is 9.95. The molecule has 1 N–H and O–H groups in total. The number of aryl methyl sites for hydroxylation is 3. The van der Waals surface area contributed by atoms with Crippen LogP contribution in [0.4, 0.5) is 0 Å². The number of benzene rings is 1. The first-order chi connectivity index (χ1) is 7.45. The minimum absolute atomic E-state index is 0.187. The first kappa shape index (κ1) is 13.4. The molecule has 1 aromatic rings. The third-order valence-electron chi connectivity index (χ3n) is 2.84. The smallest absolute Gasteiger partial charge is 0.0439 e. The molecular weight excluding hydrogens is 218 g/mol. The fraction of sp³-hybridized carbons (Fsp3) is 0.538. The lowest BCUT2D eigenvalue weighted by Gasteiger charge is -2.20. The van der Waals surface area contributed by atoms with E-state index in [0.29, 0.717) is 5.75 Å². The average Bonchev–Trinajstić information content (AvgIpc) is 2.13. The second kappa shape index (κ2) is 5.60. The van der Waals surface area contributed by atoms with E-state index in [1.165, 1.54) is 22.3 Å². The van der Waals surface area contributed by atoms with Gasteiger partial charge in [0.1, 0.15) is 0 Å². The van der Waals surface area contributed by atoms with Crippen molar-refractivity contribution in [3.63, 3.8) is 0 Å². The van der Waals surface area contributed by atoms with Gasteiger partial charge in [-0.1, -0.05) is 17.7 Å². The summed E-state index contributed by atoms with van der Waals surface area (Å²) in [7, 11) is 1.15. The van der Waals surface area contributed by atoms with Crippen molar-refractivity contribution in [2.24, 2.45) is 0 Å². The van der Waals surface area contributed by atoms with E-state index in [9.17, 15) is 4.21 Å². The van der Waals surface area contributed by atoms with Crippen LogP contribution in [-0.2, 0) is 10.8 Å². The Morgan fingerprint density at radius 3 is 2.12 bits per heavy atom. The maximum Gasteiger partial charge on any atom is 0.0439 e. The van der Waals surface area contributed by atoms with E-state index in [2.05, 4.69) is 38.2 Å². The van der Waals surface area contributed by atoms with Crippen LogP contribution in [0.15, 0.2) is 12.1 Å². The van der Waals surface area contributed by atoms with Crippen molar-refractivity contribution in [2.45, 2.75) is 26.8 Å². The zero-order chi connectivity index (χ0) is 12.3. The molecule has 0 amide bonds. The molecule has 16 heavy (non-hydrogen) atoms. The normalized spacial score (nSPS) is 14.8. The predicted octanol–water partition coefficient (Wildman–Crippen LogP) is 2.25. The fourth-order valence-electron chi connectivity index (χ4n) is 2.29. The molecule has 2 unspecified atom stereocenters. The molecule has 0 aromatic heterocycles. The summed E-state index contributed by atoms with van der Waals surface area (Å²) in [6.45, 7) is 6.35. The van der Waals surface area contributed by atoms with Crippen molar-refractivity contribution in [3.8, 4) is 0 Å². The molecule has 0 spiro atoms. The van der Waals surface area contributed by atoms with Gasteiger partial charge >= 0.3 is 0 Å². The van der Waals surface area contributed by atoms with Crippen LogP contribution in [0, 0.1) is 20.8 Å². The molecule has 0 aliphatic rings. The Morgan fingerprint density at radius 2 is 1.75 bits per heavy atom. The summed E-state index contributed by atoms with van der Waals surface area (Å²) in [5.41, 5.74) is 5.14. The molecule has 0 radical (unpaired) electrons. The SMILES string of the molecule is CNC(CS(C)=O)c1c(C)cc(C)cc1C. The molecule has 0 bridgehead atoms. The van der Waals surface area contributed by atoms with Gasteiger partial charge in [-0.2, -0.15) is 0 Å². The van der Waals surface area contributed by atoms with Gasteiger partial charge in [0.05, 0.1) is 0 Å². The zero-order valence-corrected chi connectivity index (χ0v) is 11.6. The fourth-order valence-corrected chi connectivity index (χ4v) is 3.09. The average molecular weight is 239 g/mol. The Hall–Kier alpha value is -0.670. The van der Waals surface area contributed by atoms with E-state index in [0.717, 1.165) is 0 Å². The highest BCUT2D eigenvalue weighted by atomic mass is 32.2. The quantitative estimate of drug-likeness (QED) is 0.873. The maximum atomic E-state index is 11.3. The van der Waals surface area contributed by atoms with Gasteiger partial charge in [-0.3, -0.25) is 4.21 Å². The Labute approximate surface area is 101 Å². The Kier molecular flexibility index (Phi) is 4.69. The van der Waals surface area contributed by atoms with Crippen molar-refractivity contribution in [3.05, 3.63) is 34.4 Å². The third-order valence-corrected chi connectivity index (χ3v) is 3.64. The minimum Gasteiger partial charge on any atom is -0.312 e. The van der Waals surface area contributed by atoms with Gasteiger partial charge in [-0.05, 0) is 44.5 Å². The highest BCUT2D eigenvalue weighted by Crippen LogP contribution is 2.23. The summed E-state index contributed by atoms with van der Waals surface area (Å²) in [6, 6.07) is 4.56. The number of hydrogen-bond acceptors (Lipinski definition) is 2. The lowest BCUT2D eigenvalue weighted by molar-refractivity contribution is 0.633. The summed E-state index contributed by atoms with van der Waals surface area (Å²) >= 11 is 0. The standard InChI is InChI=1S/C13H21NOS/c1-9-6-10(2)13(11(3)7-9)12(14-4)8-16(5)15/h6-7,12,14H,8H2,1-5H3. The van der Waals surface area contributed by atoms with Crippen LogP contribution in [-0.4, -0.2) is 23.3 Å². The van der Waals surface area contributed by atoms with Crippen LogP contribution in [0.2, 0.25) is 0 Å². The molecule has 0 aliphatic carbocycles. The Morgan fingerprint density at radius 1 is 1.25 bits per heavy atom. The molecule has 0 aliphatic heterocycles. The van der Waals surface area contributed by atoms with Gasteiger partial charge in [-0.15, -0.1) is 0 Å². The first-order valence-electron chi connectivity index (χ1n) is 5.50. The predicted molar refractivity (Wildman–Crippen MR) is 71.4 cm³/mol. The van der Waals surface area contributed by atoms with Crippen LogP contribution < -0.4 is 5.32 Å². The minimum atomic E-state index is -0.780. The van der Waals surface area contributed by atoms with Crippen LogP contribution in [0.3, 0.4) is 0 Å². The van der Waals surface area contributed by atoms with Gasteiger partial charge in [0.2, 0.25) is 0 Å². The molecule has 1 rings (SSSR count). The Bertz CT molecular complexity index is 378. The van der Waals surface area contributed by atoms with Crippen molar-refractivity contribution in [2.75, 3.05) is 19.1 Å². The molecule has 90 valence electrons. The van der Waals surface area contributed by atoms with Gasteiger partial charge in [-0.25, -0.2) is 0 Å². The summed E-state index contributed by atoms with van der Waals surface area (Å²) in [5, 5.41) is 3.26. The molecular formula is C13H21NOS. The second-order valence-corrected chi connectivity index (χ2v) is 5.87. The summed E-state index contributed by atoms with van der Waals surface area (Å²) in [5.74, 6) is 0.668. The number of hydrogen-bond donors (Lipinski definition) is 1. The van der Waals surface area contributed by atoms with Crippen molar-refractivity contribution < 1.29 is 4.21 Å². The molecule has 0 saturated heterocycles. The molecule has 1 aromatic carbocycles. The van der Waals surface area contributed by atoms with Crippen LogP contribution in [0.25, 0.3) is 0 Å². The largest absolute Gasteiger partial charge is 0.312 e. The van der Waals surface area contributed by atoms with Crippen LogP contribution in [0.5, 0.6) is 0 Å². The zero-order valence-electron chi connectivity index (χ0n) is 10.8. The molecule has 3 heteroatoms. The molecule has 2 atom stereocenters. The van der Waals surface area contributed by atoms with Crippen LogP contribution >= 0.6 is 0 Å². The number of nitrogens with one attached hydrogen (secondary N) is 1. The van der Waals surface area contributed by atoms with Gasteiger partial charge in [0.25, 0.3) is 0 Å². The molecule has 2 nitrogen and oxygen atoms in total. The molecule has 0 fully saturated rings. The first-order valence-corrected chi connectivity index (χ1v) is 7.23. The Balaban J connectivity index is 3.14. The van der Waals surface area contributed by atoms with E-state index < -0.39 is 10.8 Å². The van der Waals surface area contributed by atoms with Crippen LogP contribution in [0.1, 0.15) is 28.3 Å². The van der Waals surface area contributed by atoms with Gasteiger partial charge in [0.15, 0.2) is 0 Å². The highest BCUT2D eigenvalue weighted by Gasteiger charge is 2.15. The van der Waals surface area contributed by atoms with Gasteiger partial charge in [0, 0.05) is 28.9 Å². The van der Waals surface area contributed by atoms with Crippen molar-refractivity contribution >= 4 is 10.8 Å². The highest BCUT2D eigenvalue weighted by molar-refractivity contribution is 7.84. The van der Waals surface area contributed by atoms with Crippen molar-refractivity contribution in [1.29, 1.82) is 0 Å². The topological polar surface area (TPSA) is 29.1 Å². The second-order valence-electron chi connectivity index (χ2n) is 4.39. The van der Waals surface area contributed by atoms with Gasteiger partial charge < -0.3 is 5.32 Å². The van der Waals surface area contributed by atoms with E-state index >= 15 is 0 Å². The third kappa shape index (κ3) is 3.16. The summed E-state index contributed by atoms with van der Waals surface area (Å²) in [6.07, 6.45) is 1.75. The van der Waals surface area contributed by atoms with E-state index in [1.54, 1.807) is 6.26 Å².